The van der Waals surface area contributed by atoms with E-state index in [4.69, 9.17) is 11.6 Å². The third-order valence-electron chi connectivity index (χ3n) is 5.00. The Bertz CT molecular complexity index is 990. The number of nitrogens with zero attached hydrogens (tertiary/aromatic N) is 3. The molecule has 2 aromatic rings. The van der Waals surface area contributed by atoms with Crippen LogP contribution < -0.4 is 5.32 Å². The molecule has 1 N–H and O–H groups in total. The first kappa shape index (κ1) is 21.0. The zero-order valence-electron chi connectivity index (χ0n) is 15.1. The second kappa shape index (κ2) is 7.96. The first-order valence-electron chi connectivity index (χ1n) is 8.61. The number of pyridine rings is 1. The molecule has 0 radical (unpaired) electrons. The van der Waals surface area contributed by atoms with E-state index >= 15 is 0 Å². The van der Waals surface area contributed by atoms with Gasteiger partial charge in [0.2, 0.25) is 15.9 Å². The summed E-state index contributed by atoms with van der Waals surface area (Å²) >= 11 is 5.98. The predicted octanol–water partition coefficient (Wildman–Crippen LogP) is 2.18. The Hall–Kier alpha value is -1.71. The summed E-state index contributed by atoms with van der Waals surface area (Å²) in [5.41, 5.74) is 1.95. The van der Waals surface area contributed by atoms with E-state index in [0.29, 0.717) is 42.6 Å². The van der Waals surface area contributed by atoms with Crippen molar-refractivity contribution >= 4 is 45.6 Å². The van der Waals surface area contributed by atoms with Crippen molar-refractivity contribution in [1.29, 1.82) is 0 Å². The van der Waals surface area contributed by atoms with Crippen molar-refractivity contribution in [3.05, 3.63) is 52.8 Å². The number of amides is 1. The Kier molecular flexibility index (Phi) is 5.97. The Labute approximate surface area is 175 Å². The number of anilines is 1. The number of hydrogen-bond donors (Lipinski definition) is 1. The molecule has 3 heterocycles. The van der Waals surface area contributed by atoms with Crippen LogP contribution in [0.2, 0.25) is 5.02 Å². The molecule has 1 aromatic heterocycles. The summed E-state index contributed by atoms with van der Waals surface area (Å²) in [6.07, 6.45) is 1.34. The van der Waals surface area contributed by atoms with E-state index in [1.54, 1.807) is 24.3 Å². The standard InChI is InChI=1S/C18H19ClN4O3S.ClH/c1-22-6-8-23(9-7-22)27(25,26)13-3-5-15(20-11-13)17-14-4-2-12(19)10-16(14)21-18(17)24;/h2-5,10-11,17H,6-9H2,1H3,(H,21,24);1H. The highest BCUT2D eigenvalue weighted by atomic mass is 35.5. The van der Waals surface area contributed by atoms with Crippen LogP contribution in [0.15, 0.2) is 41.4 Å². The van der Waals surface area contributed by atoms with Gasteiger partial charge in [-0.2, -0.15) is 4.31 Å². The van der Waals surface area contributed by atoms with Crippen LogP contribution in [0.5, 0.6) is 0 Å². The number of piperazine rings is 1. The Morgan fingerprint density at radius 3 is 2.50 bits per heavy atom. The summed E-state index contributed by atoms with van der Waals surface area (Å²) in [6.45, 7) is 2.32. The molecule has 2 aliphatic heterocycles. The van der Waals surface area contributed by atoms with Gasteiger partial charge in [-0.05, 0) is 36.9 Å². The van der Waals surface area contributed by atoms with E-state index in [1.807, 2.05) is 7.05 Å². The number of hydrogen-bond acceptors (Lipinski definition) is 5. The van der Waals surface area contributed by atoms with Gasteiger partial charge in [-0.3, -0.25) is 9.78 Å². The maximum atomic E-state index is 12.8. The van der Waals surface area contributed by atoms with Gasteiger partial charge >= 0.3 is 0 Å². The summed E-state index contributed by atoms with van der Waals surface area (Å²) in [7, 11) is -1.61. The maximum absolute atomic E-state index is 12.8. The summed E-state index contributed by atoms with van der Waals surface area (Å²) < 4.78 is 27.1. The molecule has 1 fully saturated rings. The van der Waals surface area contributed by atoms with Gasteiger partial charge in [0.05, 0.1) is 5.69 Å². The highest BCUT2D eigenvalue weighted by Crippen LogP contribution is 2.37. The van der Waals surface area contributed by atoms with Gasteiger partial charge in [0, 0.05) is 43.1 Å². The largest absolute Gasteiger partial charge is 0.325 e. The Morgan fingerprint density at radius 2 is 1.86 bits per heavy atom. The normalized spacial score (nSPS) is 20.4. The number of carbonyl (C=O) groups excluding carboxylic acids is 1. The number of rotatable bonds is 3. The van der Waals surface area contributed by atoms with Gasteiger partial charge in [-0.15, -0.1) is 12.4 Å². The number of halogens is 2. The van der Waals surface area contributed by atoms with Crippen LogP contribution in [-0.2, 0) is 14.8 Å². The SMILES string of the molecule is CN1CCN(S(=O)(=O)c2ccc(C3C(=O)Nc4cc(Cl)ccc43)nc2)CC1.Cl. The highest BCUT2D eigenvalue weighted by molar-refractivity contribution is 7.89. The molecule has 4 rings (SSSR count). The van der Waals surface area contributed by atoms with Gasteiger partial charge in [0.15, 0.2) is 0 Å². The van der Waals surface area contributed by atoms with Crippen LogP contribution in [0.1, 0.15) is 17.2 Å². The maximum Gasteiger partial charge on any atom is 0.244 e. The fourth-order valence-electron chi connectivity index (χ4n) is 3.42. The fourth-order valence-corrected chi connectivity index (χ4v) is 4.96. The lowest BCUT2D eigenvalue weighted by Crippen LogP contribution is -2.47. The summed E-state index contributed by atoms with van der Waals surface area (Å²) in [6, 6.07) is 8.34. The minimum Gasteiger partial charge on any atom is -0.325 e. The molecular weight excluding hydrogens is 423 g/mol. The average Bonchev–Trinajstić information content (AvgIpc) is 2.97. The van der Waals surface area contributed by atoms with Crippen LogP contribution in [0.3, 0.4) is 0 Å². The number of aromatic nitrogens is 1. The summed E-state index contributed by atoms with van der Waals surface area (Å²) in [4.78, 5) is 18.9. The molecule has 0 saturated carbocycles. The Balaban J connectivity index is 0.00000225. The lowest BCUT2D eigenvalue weighted by Gasteiger charge is -2.31. The smallest absolute Gasteiger partial charge is 0.244 e. The van der Waals surface area contributed by atoms with E-state index in [9.17, 15) is 13.2 Å². The molecule has 1 saturated heterocycles. The molecule has 0 spiro atoms. The van der Waals surface area contributed by atoms with Gasteiger partial charge < -0.3 is 10.2 Å². The number of likely N-dealkylation sites (N-methyl/N-ethyl adjacent to an activating group) is 1. The number of fused-ring (bicyclic) bond motifs is 1. The topological polar surface area (TPSA) is 82.6 Å². The van der Waals surface area contributed by atoms with Gasteiger partial charge in [0.1, 0.15) is 10.8 Å². The number of benzene rings is 1. The predicted molar refractivity (Wildman–Crippen MR) is 110 cm³/mol. The second-order valence-corrected chi connectivity index (χ2v) is 9.15. The van der Waals surface area contributed by atoms with Crippen LogP contribution in [0.4, 0.5) is 5.69 Å². The highest BCUT2D eigenvalue weighted by Gasteiger charge is 2.34. The van der Waals surface area contributed by atoms with Crippen LogP contribution in [0, 0.1) is 0 Å². The number of nitrogens with one attached hydrogen (secondary N) is 1. The molecule has 1 unspecified atom stereocenters. The quantitative estimate of drug-likeness (QED) is 0.787. The van der Waals surface area contributed by atoms with Gasteiger partial charge in [-0.1, -0.05) is 17.7 Å². The van der Waals surface area contributed by atoms with Crippen molar-refractivity contribution in [1.82, 2.24) is 14.2 Å². The first-order chi connectivity index (χ1) is 12.9. The Morgan fingerprint density at radius 1 is 1.14 bits per heavy atom. The van der Waals surface area contributed by atoms with E-state index in [1.165, 1.54) is 16.6 Å². The van der Waals surface area contributed by atoms with E-state index in [0.717, 1.165) is 5.56 Å². The molecule has 1 amide bonds. The molecule has 10 heteroatoms. The number of sulfonamides is 1. The monoisotopic (exact) mass is 442 g/mol. The lowest BCUT2D eigenvalue weighted by molar-refractivity contribution is -0.116. The number of carbonyl (C=O) groups is 1. The van der Waals surface area contributed by atoms with Crippen molar-refractivity contribution in [2.24, 2.45) is 0 Å². The lowest BCUT2D eigenvalue weighted by atomic mass is 9.97. The fraction of sp³-hybridized carbons (Fsp3) is 0.333. The van der Waals surface area contributed by atoms with Gasteiger partial charge in [0.25, 0.3) is 0 Å². The van der Waals surface area contributed by atoms with Crippen molar-refractivity contribution < 1.29 is 13.2 Å². The van der Waals surface area contributed by atoms with Crippen LogP contribution in [-0.4, -0.2) is 61.7 Å². The van der Waals surface area contributed by atoms with E-state index in [2.05, 4.69) is 15.2 Å². The summed E-state index contributed by atoms with van der Waals surface area (Å²) in [5, 5.41) is 3.33. The van der Waals surface area contributed by atoms with E-state index in [-0.39, 0.29) is 23.2 Å². The van der Waals surface area contributed by atoms with Crippen molar-refractivity contribution in [3.63, 3.8) is 0 Å². The minimum absolute atomic E-state index is 0. The molecular formula is C18H20Cl2N4O3S. The third kappa shape index (κ3) is 3.75. The van der Waals surface area contributed by atoms with Crippen molar-refractivity contribution in [2.45, 2.75) is 10.8 Å². The van der Waals surface area contributed by atoms with Crippen molar-refractivity contribution in [3.8, 4) is 0 Å². The zero-order valence-corrected chi connectivity index (χ0v) is 17.5. The molecule has 150 valence electrons. The third-order valence-corrected chi connectivity index (χ3v) is 7.12. The molecule has 1 atom stereocenters. The molecule has 0 aliphatic carbocycles. The molecule has 7 nitrogen and oxygen atoms in total. The van der Waals surface area contributed by atoms with Crippen LogP contribution in [0.25, 0.3) is 0 Å². The average molecular weight is 443 g/mol. The first-order valence-corrected chi connectivity index (χ1v) is 10.4. The minimum atomic E-state index is -3.58. The molecule has 2 aliphatic rings. The van der Waals surface area contributed by atoms with Gasteiger partial charge in [-0.25, -0.2) is 8.42 Å². The van der Waals surface area contributed by atoms with Crippen LogP contribution >= 0.6 is 24.0 Å². The molecule has 1 aromatic carbocycles. The molecule has 0 bridgehead atoms. The second-order valence-electron chi connectivity index (χ2n) is 6.78. The van der Waals surface area contributed by atoms with E-state index < -0.39 is 15.9 Å². The summed E-state index contributed by atoms with van der Waals surface area (Å²) in [5.74, 6) is -0.771. The van der Waals surface area contributed by atoms with Crippen molar-refractivity contribution in [2.75, 3.05) is 38.5 Å². The zero-order chi connectivity index (χ0) is 19.2. The molecule has 28 heavy (non-hydrogen) atoms.